The summed E-state index contributed by atoms with van der Waals surface area (Å²) >= 11 is 0. The lowest BCUT2D eigenvalue weighted by Crippen LogP contribution is -2.39. The van der Waals surface area contributed by atoms with Gasteiger partial charge in [0.25, 0.3) is 11.8 Å². The van der Waals surface area contributed by atoms with Crippen LogP contribution in [0.5, 0.6) is 5.75 Å². The molecule has 0 radical (unpaired) electrons. The molecule has 0 saturated carbocycles. The van der Waals surface area contributed by atoms with E-state index in [2.05, 4.69) is 10.2 Å². The molecular formula is C26H31N3O6. The molecule has 0 unspecified atom stereocenters. The van der Waals surface area contributed by atoms with Gasteiger partial charge in [-0.25, -0.2) is 4.79 Å². The Balaban J connectivity index is 1.19. The van der Waals surface area contributed by atoms with Gasteiger partial charge in [-0.05, 0) is 62.6 Å². The van der Waals surface area contributed by atoms with Crippen molar-refractivity contribution in [3.05, 3.63) is 64.7 Å². The quantitative estimate of drug-likeness (QED) is 0.457. The fourth-order valence-corrected chi connectivity index (χ4v) is 4.07. The van der Waals surface area contributed by atoms with E-state index in [0.29, 0.717) is 17.7 Å². The summed E-state index contributed by atoms with van der Waals surface area (Å²) in [4.78, 5) is 44.1. The molecule has 2 aromatic rings. The van der Waals surface area contributed by atoms with Gasteiger partial charge < -0.3 is 14.8 Å². The summed E-state index contributed by atoms with van der Waals surface area (Å²) in [5.41, 5.74) is 2.64. The van der Waals surface area contributed by atoms with Crippen molar-refractivity contribution in [2.75, 3.05) is 32.8 Å². The van der Waals surface area contributed by atoms with Crippen molar-refractivity contribution in [2.24, 2.45) is 0 Å². The Morgan fingerprint density at radius 3 is 2.40 bits per heavy atom. The van der Waals surface area contributed by atoms with E-state index in [-0.39, 0.29) is 13.2 Å². The Labute approximate surface area is 204 Å². The molecule has 3 amide bonds. The van der Waals surface area contributed by atoms with E-state index < -0.39 is 23.5 Å². The molecule has 0 aliphatic carbocycles. The minimum Gasteiger partial charge on any atom is -0.491 e. The summed E-state index contributed by atoms with van der Waals surface area (Å²) in [6.07, 6.45) is 0.480. The van der Waals surface area contributed by atoms with Crippen LogP contribution in [0, 0.1) is 0 Å². The van der Waals surface area contributed by atoms with Crippen molar-refractivity contribution in [1.29, 1.82) is 0 Å². The van der Waals surface area contributed by atoms with E-state index in [1.807, 2.05) is 39.0 Å². The van der Waals surface area contributed by atoms with Crippen LogP contribution in [0.25, 0.3) is 0 Å². The molecular weight excluding hydrogens is 450 g/mol. The van der Waals surface area contributed by atoms with Crippen LogP contribution in [0.4, 0.5) is 4.79 Å². The molecule has 2 aliphatic rings. The number of benzene rings is 2. The number of hydrogen-bond acceptors (Lipinski definition) is 7. The molecule has 0 bridgehead atoms. The number of carbonyl (C=O) groups is 3. The van der Waals surface area contributed by atoms with Crippen LogP contribution in [0.15, 0.2) is 42.5 Å². The highest BCUT2D eigenvalue weighted by Crippen LogP contribution is 2.25. The third kappa shape index (κ3) is 6.17. The second kappa shape index (κ2) is 10.5. The number of hydroxylamine groups is 2. The lowest BCUT2D eigenvalue weighted by Gasteiger charge is -2.29. The minimum absolute atomic E-state index is 0.0704. The van der Waals surface area contributed by atoms with E-state index in [1.165, 1.54) is 11.1 Å². The number of imide groups is 1. The van der Waals surface area contributed by atoms with Gasteiger partial charge in [0.2, 0.25) is 0 Å². The summed E-state index contributed by atoms with van der Waals surface area (Å²) < 4.78 is 11.1. The summed E-state index contributed by atoms with van der Waals surface area (Å²) in [6, 6.07) is 12.6. The molecule has 0 fully saturated rings. The van der Waals surface area contributed by atoms with E-state index >= 15 is 0 Å². The molecule has 35 heavy (non-hydrogen) atoms. The molecule has 1 N–H and O–H groups in total. The SMILES string of the molecule is CC(C)(C)OC(=O)NCCN1CCc2cc(OCCON3C(=O)c4ccccc4C3=O)ccc2C1. The van der Waals surface area contributed by atoms with Crippen molar-refractivity contribution in [1.82, 2.24) is 15.3 Å². The van der Waals surface area contributed by atoms with Gasteiger partial charge in [0, 0.05) is 26.2 Å². The third-order valence-corrected chi connectivity index (χ3v) is 5.69. The van der Waals surface area contributed by atoms with Crippen LogP contribution in [0.1, 0.15) is 52.6 Å². The van der Waals surface area contributed by atoms with Crippen molar-refractivity contribution in [3.8, 4) is 5.75 Å². The van der Waals surface area contributed by atoms with Crippen LogP contribution in [-0.2, 0) is 22.5 Å². The number of nitrogens with zero attached hydrogens (tertiary/aromatic N) is 2. The zero-order valence-corrected chi connectivity index (χ0v) is 20.3. The van der Waals surface area contributed by atoms with E-state index in [0.717, 1.165) is 36.9 Å². The lowest BCUT2D eigenvalue weighted by molar-refractivity contribution is -0.0976. The number of nitrogens with one attached hydrogen (secondary N) is 1. The van der Waals surface area contributed by atoms with E-state index in [1.54, 1.807) is 24.3 Å². The number of alkyl carbamates (subject to hydrolysis) is 1. The molecule has 4 rings (SSSR count). The standard InChI is InChI=1S/C26H31N3O6/c1-26(2,3)35-25(32)27-11-13-28-12-10-18-16-20(9-8-19(18)17-28)33-14-15-34-29-23(30)21-6-4-5-7-22(21)24(29)31/h4-9,16H,10-15,17H2,1-3H3,(H,27,32). The number of amides is 3. The van der Waals surface area contributed by atoms with Crippen LogP contribution in [0.2, 0.25) is 0 Å². The van der Waals surface area contributed by atoms with Crippen LogP contribution < -0.4 is 10.1 Å². The molecule has 2 heterocycles. The molecule has 0 spiro atoms. The Kier molecular flexibility index (Phi) is 7.37. The number of carbonyl (C=O) groups excluding carboxylic acids is 3. The summed E-state index contributed by atoms with van der Waals surface area (Å²) in [5.74, 6) is -0.190. The van der Waals surface area contributed by atoms with Gasteiger partial charge in [-0.3, -0.25) is 19.3 Å². The Bertz CT molecular complexity index is 1080. The first-order chi connectivity index (χ1) is 16.7. The maximum absolute atomic E-state index is 12.3. The summed E-state index contributed by atoms with van der Waals surface area (Å²) in [5, 5.41) is 3.60. The number of fused-ring (bicyclic) bond motifs is 2. The molecule has 0 saturated heterocycles. The van der Waals surface area contributed by atoms with Crippen LogP contribution in [-0.4, -0.2) is 66.3 Å². The second-order valence-electron chi connectivity index (χ2n) is 9.52. The average Bonchev–Trinajstić information content (AvgIpc) is 3.05. The van der Waals surface area contributed by atoms with Crippen molar-refractivity contribution in [2.45, 2.75) is 39.3 Å². The zero-order valence-electron chi connectivity index (χ0n) is 20.3. The summed E-state index contributed by atoms with van der Waals surface area (Å²) in [6.45, 7) is 8.75. The maximum atomic E-state index is 12.3. The average molecular weight is 482 g/mol. The highest BCUT2D eigenvalue weighted by Gasteiger charge is 2.36. The van der Waals surface area contributed by atoms with Crippen molar-refractivity contribution in [3.63, 3.8) is 0 Å². The fourth-order valence-electron chi connectivity index (χ4n) is 4.07. The normalized spacial score (nSPS) is 15.6. The number of hydrogen-bond donors (Lipinski definition) is 1. The lowest BCUT2D eigenvalue weighted by atomic mass is 9.99. The molecule has 9 heteroatoms. The highest BCUT2D eigenvalue weighted by molar-refractivity contribution is 6.20. The van der Waals surface area contributed by atoms with E-state index in [9.17, 15) is 14.4 Å². The third-order valence-electron chi connectivity index (χ3n) is 5.69. The molecule has 0 atom stereocenters. The van der Waals surface area contributed by atoms with Gasteiger partial charge in [0.1, 0.15) is 24.6 Å². The largest absolute Gasteiger partial charge is 0.491 e. The van der Waals surface area contributed by atoms with Gasteiger partial charge in [-0.2, -0.15) is 0 Å². The predicted molar refractivity (Wildman–Crippen MR) is 128 cm³/mol. The predicted octanol–water partition coefficient (Wildman–Crippen LogP) is 3.18. The number of ether oxygens (including phenoxy) is 2. The molecule has 2 aromatic carbocycles. The van der Waals surface area contributed by atoms with E-state index in [4.69, 9.17) is 14.3 Å². The monoisotopic (exact) mass is 481 g/mol. The van der Waals surface area contributed by atoms with Crippen molar-refractivity contribution < 1.29 is 28.7 Å². The summed E-state index contributed by atoms with van der Waals surface area (Å²) in [7, 11) is 0. The Morgan fingerprint density at radius 2 is 1.71 bits per heavy atom. The first-order valence-corrected chi connectivity index (χ1v) is 11.8. The van der Waals surface area contributed by atoms with Gasteiger partial charge in [0.05, 0.1) is 11.1 Å². The fraction of sp³-hybridized carbons (Fsp3) is 0.423. The second-order valence-corrected chi connectivity index (χ2v) is 9.52. The topological polar surface area (TPSA) is 97.4 Å². The van der Waals surface area contributed by atoms with Crippen LogP contribution in [0.3, 0.4) is 0 Å². The van der Waals surface area contributed by atoms with Gasteiger partial charge in [-0.15, -0.1) is 5.06 Å². The first-order valence-electron chi connectivity index (χ1n) is 11.8. The first kappa shape index (κ1) is 24.7. The molecule has 186 valence electrons. The maximum Gasteiger partial charge on any atom is 0.407 e. The smallest absolute Gasteiger partial charge is 0.407 e. The Hall–Kier alpha value is -3.43. The molecule has 0 aromatic heterocycles. The van der Waals surface area contributed by atoms with Gasteiger partial charge >= 0.3 is 6.09 Å². The zero-order chi connectivity index (χ0) is 25.0. The van der Waals surface area contributed by atoms with Gasteiger partial charge in [-0.1, -0.05) is 18.2 Å². The minimum atomic E-state index is -0.505. The molecule has 2 aliphatic heterocycles. The highest BCUT2D eigenvalue weighted by atomic mass is 16.7. The number of rotatable bonds is 8. The van der Waals surface area contributed by atoms with Crippen LogP contribution >= 0.6 is 0 Å². The van der Waals surface area contributed by atoms with Gasteiger partial charge in [0.15, 0.2) is 0 Å². The molecule has 9 nitrogen and oxygen atoms in total. The van der Waals surface area contributed by atoms with Crippen molar-refractivity contribution >= 4 is 17.9 Å². The Morgan fingerprint density at radius 1 is 1.00 bits per heavy atom.